The molecule has 4 fully saturated rings. The molecule has 0 aromatic rings. The molecule has 0 aromatic carbocycles. The molecular formula is C29H49ClO2. The molecule has 10 atom stereocenters. The molecule has 0 radical (unpaired) electrons. The van der Waals surface area contributed by atoms with Gasteiger partial charge in [-0.3, -0.25) is 0 Å². The molecule has 0 N–H and O–H groups in total. The quantitative estimate of drug-likeness (QED) is 0.351. The van der Waals surface area contributed by atoms with Gasteiger partial charge in [-0.1, -0.05) is 60.3 Å². The summed E-state index contributed by atoms with van der Waals surface area (Å²) in [6, 6.07) is 0. The number of rotatable bonds is 7. The maximum Gasteiger partial charge on any atom is 0.403 e. The average molecular weight is 465 g/mol. The first kappa shape index (κ1) is 24.9. The van der Waals surface area contributed by atoms with E-state index in [1.807, 2.05) is 0 Å². The summed E-state index contributed by atoms with van der Waals surface area (Å²) in [6.07, 6.45) is 17.5. The maximum absolute atomic E-state index is 10.9. The fourth-order valence-corrected chi connectivity index (χ4v) is 9.71. The van der Waals surface area contributed by atoms with E-state index in [0.717, 1.165) is 35.5 Å². The summed E-state index contributed by atoms with van der Waals surface area (Å²) in [7, 11) is 0. The van der Waals surface area contributed by atoms with Crippen LogP contribution in [-0.2, 0) is 4.74 Å². The zero-order valence-electron chi connectivity index (χ0n) is 21.5. The number of hydrogen-bond donors (Lipinski definition) is 0. The lowest BCUT2D eigenvalue weighted by Crippen LogP contribution is -2.53. The van der Waals surface area contributed by atoms with Gasteiger partial charge in [0.1, 0.15) is 0 Å². The van der Waals surface area contributed by atoms with E-state index >= 15 is 0 Å². The molecule has 4 rings (SSSR count). The Balaban J connectivity index is 1.36. The molecule has 2 unspecified atom stereocenters. The lowest BCUT2D eigenvalue weighted by Gasteiger charge is -2.61. The highest BCUT2D eigenvalue weighted by Gasteiger charge is 2.60. The Morgan fingerprint density at radius 1 is 0.875 bits per heavy atom. The van der Waals surface area contributed by atoms with E-state index in [4.69, 9.17) is 16.3 Å². The van der Waals surface area contributed by atoms with Crippen LogP contribution < -0.4 is 0 Å². The monoisotopic (exact) mass is 464 g/mol. The van der Waals surface area contributed by atoms with E-state index in [-0.39, 0.29) is 0 Å². The summed E-state index contributed by atoms with van der Waals surface area (Å²) in [5.41, 5.74) is 0.556. The van der Waals surface area contributed by atoms with E-state index in [1.165, 1.54) is 77.0 Å². The van der Waals surface area contributed by atoms with Crippen LogP contribution in [0.3, 0.4) is 0 Å². The standard InChI is InChI=1S/C29H49ClO2/c1-19(21(3)18-32-27(30)31)9-10-20(2)24-13-14-25-23-12-11-22-8-6-7-16-28(22,4)26(23)15-17-29(24,25)5/h19-26H,6-18H2,1-5H3/t19-,20+,21?,22?,23-,24+,25-,26-,28-,29+/m0/s1. The number of carbonyl (C=O) groups excluding carboxylic acids is 1. The van der Waals surface area contributed by atoms with E-state index in [1.54, 1.807) is 0 Å². The van der Waals surface area contributed by atoms with Crippen LogP contribution in [0.15, 0.2) is 0 Å². The van der Waals surface area contributed by atoms with E-state index in [9.17, 15) is 4.79 Å². The van der Waals surface area contributed by atoms with Gasteiger partial charge in [-0.05, 0) is 110 Å². The number of ether oxygens (including phenoxy) is 1. The minimum absolute atomic E-state index is 0.374. The molecule has 4 aliphatic rings. The van der Waals surface area contributed by atoms with Crippen LogP contribution in [0.1, 0.15) is 112 Å². The first-order chi connectivity index (χ1) is 15.2. The van der Waals surface area contributed by atoms with Crippen molar-refractivity contribution in [1.29, 1.82) is 0 Å². The molecule has 0 aromatic heterocycles. The van der Waals surface area contributed by atoms with Crippen molar-refractivity contribution in [1.82, 2.24) is 0 Å². The average Bonchev–Trinajstić information content (AvgIpc) is 3.12. The molecule has 4 saturated carbocycles. The Morgan fingerprint density at radius 3 is 2.38 bits per heavy atom. The maximum atomic E-state index is 10.9. The van der Waals surface area contributed by atoms with Gasteiger partial charge in [0.2, 0.25) is 0 Å². The summed E-state index contributed by atoms with van der Waals surface area (Å²) in [5.74, 6) is 6.66. The molecule has 0 bridgehead atoms. The fourth-order valence-electron chi connectivity index (χ4n) is 9.64. The van der Waals surface area contributed by atoms with Gasteiger partial charge in [-0.2, -0.15) is 0 Å². The molecule has 3 heteroatoms. The highest BCUT2D eigenvalue weighted by atomic mass is 35.5. The smallest absolute Gasteiger partial charge is 0.403 e. The van der Waals surface area contributed by atoms with Gasteiger partial charge < -0.3 is 4.74 Å². The lowest BCUT2D eigenvalue weighted by molar-refractivity contribution is -0.114. The fraction of sp³-hybridized carbons (Fsp3) is 0.966. The van der Waals surface area contributed by atoms with Crippen molar-refractivity contribution < 1.29 is 9.53 Å². The summed E-state index contributed by atoms with van der Waals surface area (Å²) in [5, 5.41) is 0. The summed E-state index contributed by atoms with van der Waals surface area (Å²) < 4.78 is 5.04. The zero-order valence-corrected chi connectivity index (χ0v) is 22.3. The Kier molecular flexibility index (Phi) is 7.61. The van der Waals surface area contributed by atoms with Crippen molar-refractivity contribution in [3.8, 4) is 0 Å². The Labute approximate surface area is 203 Å². The van der Waals surface area contributed by atoms with Gasteiger partial charge in [0.05, 0.1) is 6.61 Å². The van der Waals surface area contributed by atoms with E-state index < -0.39 is 5.43 Å². The molecule has 184 valence electrons. The molecular weight excluding hydrogens is 416 g/mol. The third-order valence-electron chi connectivity index (χ3n) is 11.9. The van der Waals surface area contributed by atoms with Crippen molar-refractivity contribution in [2.75, 3.05) is 6.61 Å². The van der Waals surface area contributed by atoms with Gasteiger partial charge in [-0.15, -0.1) is 0 Å². The van der Waals surface area contributed by atoms with Crippen LogP contribution in [0.4, 0.5) is 4.79 Å². The van der Waals surface area contributed by atoms with Crippen molar-refractivity contribution in [2.45, 2.75) is 112 Å². The highest BCUT2D eigenvalue weighted by Crippen LogP contribution is 2.68. The first-order valence-corrected chi connectivity index (χ1v) is 14.4. The van der Waals surface area contributed by atoms with Gasteiger partial charge in [0.25, 0.3) is 0 Å². The minimum atomic E-state index is -0.672. The molecule has 2 nitrogen and oxygen atoms in total. The van der Waals surface area contributed by atoms with E-state index in [0.29, 0.717) is 29.3 Å². The third-order valence-corrected chi connectivity index (χ3v) is 12.0. The molecule has 4 aliphatic carbocycles. The second-order valence-corrected chi connectivity index (χ2v) is 13.5. The van der Waals surface area contributed by atoms with Crippen LogP contribution in [0.25, 0.3) is 0 Å². The van der Waals surface area contributed by atoms with Crippen LogP contribution in [-0.4, -0.2) is 12.0 Å². The predicted molar refractivity (Wildman–Crippen MR) is 134 cm³/mol. The Morgan fingerprint density at radius 2 is 1.62 bits per heavy atom. The van der Waals surface area contributed by atoms with Gasteiger partial charge in [0, 0.05) is 11.6 Å². The first-order valence-electron chi connectivity index (χ1n) is 14.0. The summed E-state index contributed by atoms with van der Waals surface area (Å²) in [4.78, 5) is 10.9. The normalized spacial score (nSPS) is 44.0. The minimum Gasteiger partial charge on any atom is -0.453 e. The van der Waals surface area contributed by atoms with Crippen molar-refractivity contribution >= 4 is 17.0 Å². The second-order valence-electron chi connectivity index (χ2n) is 13.2. The van der Waals surface area contributed by atoms with Crippen LogP contribution in [0.2, 0.25) is 0 Å². The van der Waals surface area contributed by atoms with E-state index in [2.05, 4.69) is 34.6 Å². The SMILES string of the molecule is CC(COC(=O)Cl)[C@@H](C)CC[C@@H](C)[C@H]1CC[C@H]2[C@@H]3CCC4CCCC[C@]4(C)[C@H]3CC[C@]12C. The zero-order chi connectivity index (χ0) is 23.1. The van der Waals surface area contributed by atoms with Gasteiger partial charge in [0.15, 0.2) is 0 Å². The molecule has 0 amide bonds. The number of halogens is 1. The number of fused-ring (bicyclic) bond motifs is 5. The Bertz CT molecular complexity index is 664. The van der Waals surface area contributed by atoms with Crippen molar-refractivity contribution in [3.05, 3.63) is 0 Å². The highest BCUT2D eigenvalue weighted by molar-refractivity contribution is 6.61. The van der Waals surface area contributed by atoms with Crippen LogP contribution in [0, 0.1) is 58.2 Å². The number of carbonyl (C=O) groups is 1. The summed E-state index contributed by atoms with van der Waals surface area (Å²) >= 11 is 5.35. The topological polar surface area (TPSA) is 26.3 Å². The van der Waals surface area contributed by atoms with Gasteiger partial charge >= 0.3 is 5.43 Å². The molecule has 0 spiro atoms. The van der Waals surface area contributed by atoms with Gasteiger partial charge in [-0.25, -0.2) is 4.79 Å². The predicted octanol–water partition coefficient (Wildman–Crippen LogP) is 9.10. The third kappa shape index (κ3) is 4.52. The van der Waals surface area contributed by atoms with Crippen molar-refractivity contribution in [3.63, 3.8) is 0 Å². The lowest BCUT2D eigenvalue weighted by atomic mass is 9.44. The van der Waals surface area contributed by atoms with Crippen molar-refractivity contribution in [2.24, 2.45) is 58.2 Å². The molecule has 0 heterocycles. The van der Waals surface area contributed by atoms with Crippen LogP contribution >= 0.6 is 11.6 Å². The molecule has 32 heavy (non-hydrogen) atoms. The largest absolute Gasteiger partial charge is 0.453 e. The molecule has 0 aliphatic heterocycles. The summed E-state index contributed by atoms with van der Waals surface area (Å²) in [6.45, 7) is 12.9. The second kappa shape index (κ2) is 9.79. The Hall–Kier alpha value is -0.240. The molecule has 0 saturated heterocycles. The number of hydrogen-bond acceptors (Lipinski definition) is 2. The van der Waals surface area contributed by atoms with Crippen LogP contribution in [0.5, 0.6) is 0 Å².